The molecule has 1 saturated heterocycles. The first kappa shape index (κ1) is 17.6. The van der Waals surface area contributed by atoms with Crippen LogP contribution in [0.5, 0.6) is 0 Å². The summed E-state index contributed by atoms with van der Waals surface area (Å²) in [4.78, 5) is 11.7. The number of hydrogen-bond acceptors (Lipinski definition) is 4. The van der Waals surface area contributed by atoms with Crippen LogP contribution in [0.1, 0.15) is 30.4 Å². The van der Waals surface area contributed by atoms with E-state index in [2.05, 4.69) is 5.32 Å². The number of halogens is 4. The molecule has 8 heteroatoms. The molecule has 2 rings (SSSR count). The topological polar surface area (TPSA) is 62.1 Å². The summed E-state index contributed by atoms with van der Waals surface area (Å²) < 4.78 is 44.6. The second kappa shape index (κ2) is 6.77. The summed E-state index contributed by atoms with van der Waals surface area (Å²) in [7, 11) is 0. The maximum Gasteiger partial charge on any atom is 0.404 e. The zero-order chi connectivity index (χ0) is 17.2. The fourth-order valence-corrected chi connectivity index (χ4v) is 2.93. The predicted molar refractivity (Wildman–Crippen MR) is 76.9 cm³/mol. The first-order chi connectivity index (χ1) is 10.8. The number of esters is 1. The van der Waals surface area contributed by atoms with E-state index in [4.69, 9.17) is 21.6 Å². The van der Waals surface area contributed by atoms with Crippen molar-refractivity contribution >= 4 is 17.6 Å². The molecule has 1 unspecified atom stereocenters. The third-order valence-electron chi connectivity index (χ3n) is 3.74. The van der Waals surface area contributed by atoms with Gasteiger partial charge in [-0.25, -0.2) is 0 Å². The number of alkyl halides is 3. The van der Waals surface area contributed by atoms with Gasteiger partial charge in [0.25, 0.3) is 0 Å². The Morgan fingerprint density at radius 3 is 2.74 bits per heavy atom. The number of ether oxygens (including phenoxy) is 1. The van der Waals surface area contributed by atoms with Crippen molar-refractivity contribution in [1.29, 1.82) is 5.26 Å². The molecule has 1 fully saturated rings. The largest absolute Gasteiger partial charge is 0.465 e. The minimum absolute atomic E-state index is 0.0504. The monoisotopic (exact) mass is 346 g/mol. The predicted octanol–water partition coefficient (Wildman–Crippen LogP) is 3.15. The molecule has 0 aliphatic carbocycles. The molecule has 0 bridgehead atoms. The van der Waals surface area contributed by atoms with E-state index in [0.717, 1.165) is 0 Å². The lowest BCUT2D eigenvalue weighted by Crippen LogP contribution is -2.45. The summed E-state index contributed by atoms with van der Waals surface area (Å²) in [5, 5.41) is 11.2. The van der Waals surface area contributed by atoms with E-state index in [0.29, 0.717) is 5.56 Å². The van der Waals surface area contributed by atoms with Crippen LogP contribution in [0.4, 0.5) is 13.2 Å². The Kier molecular flexibility index (Phi) is 5.17. The normalized spacial score (nSPS) is 24.3. The van der Waals surface area contributed by atoms with Gasteiger partial charge < -0.3 is 4.74 Å². The van der Waals surface area contributed by atoms with Gasteiger partial charge in [-0.15, -0.1) is 0 Å². The number of rotatable bonds is 3. The molecule has 1 aliphatic heterocycles. The Morgan fingerprint density at radius 1 is 1.52 bits per heavy atom. The van der Waals surface area contributed by atoms with Crippen LogP contribution in [0.2, 0.25) is 5.02 Å². The summed E-state index contributed by atoms with van der Waals surface area (Å²) in [5.41, 5.74) is 0.516. The average molecular weight is 347 g/mol. The minimum atomic E-state index is -4.52. The van der Waals surface area contributed by atoms with Crippen molar-refractivity contribution in [2.24, 2.45) is 0 Å². The first-order valence-corrected chi connectivity index (χ1v) is 7.34. The van der Waals surface area contributed by atoms with Crippen LogP contribution >= 0.6 is 11.6 Å². The Hall–Kier alpha value is -1.78. The van der Waals surface area contributed by atoms with Crippen molar-refractivity contribution in [2.45, 2.75) is 37.5 Å². The minimum Gasteiger partial charge on any atom is -0.465 e. The fraction of sp³-hybridized carbons (Fsp3) is 0.467. The highest BCUT2D eigenvalue weighted by atomic mass is 35.5. The standard InChI is InChI=1S/C15H14ClF3N2O2/c1-2-23-14(22)12-6-10(13(21-12)15(17,18)19)8-3-4-9(7-20)11(16)5-8/h3-5,10,12-13,21H,2,6H2,1H3/t10?,12-,13+/m0/s1. The second-order valence-corrected chi connectivity index (χ2v) is 5.59. The number of carbonyl (C=O) groups excluding carboxylic acids is 1. The van der Waals surface area contributed by atoms with Crippen molar-refractivity contribution in [1.82, 2.24) is 5.32 Å². The molecule has 0 spiro atoms. The van der Waals surface area contributed by atoms with Crippen molar-refractivity contribution in [3.63, 3.8) is 0 Å². The highest BCUT2D eigenvalue weighted by Crippen LogP contribution is 2.40. The van der Waals surface area contributed by atoms with Crippen LogP contribution in [-0.2, 0) is 9.53 Å². The van der Waals surface area contributed by atoms with Gasteiger partial charge in [0.05, 0.1) is 17.2 Å². The average Bonchev–Trinajstić information content (AvgIpc) is 2.93. The van der Waals surface area contributed by atoms with Crippen molar-refractivity contribution in [3.8, 4) is 6.07 Å². The van der Waals surface area contributed by atoms with Crippen LogP contribution in [-0.4, -0.2) is 30.8 Å². The van der Waals surface area contributed by atoms with E-state index in [1.165, 1.54) is 18.2 Å². The highest BCUT2D eigenvalue weighted by molar-refractivity contribution is 6.31. The SMILES string of the molecule is CCOC(=O)[C@@H]1CC(c2ccc(C#N)c(Cl)c2)[C@H](C(F)(F)F)N1. The van der Waals surface area contributed by atoms with E-state index < -0.39 is 30.1 Å². The van der Waals surface area contributed by atoms with Gasteiger partial charge in [-0.05, 0) is 31.0 Å². The maximum absolute atomic E-state index is 13.3. The maximum atomic E-state index is 13.3. The van der Waals surface area contributed by atoms with Crippen molar-refractivity contribution < 1.29 is 22.7 Å². The van der Waals surface area contributed by atoms with E-state index in [9.17, 15) is 18.0 Å². The van der Waals surface area contributed by atoms with E-state index in [1.807, 2.05) is 6.07 Å². The summed E-state index contributed by atoms with van der Waals surface area (Å²) in [5.74, 6) is -1.68. The zero-order valence-electron chi connectivity index (χ0n) is 12.2. The lowest BCUT2D eigenvalue weighted by Gasteiger charge is -2.22. The van der Waals surface area contributed by atoms with Gasteiger partial charge in [-0.1, -0.05) is 17.7 Å². The molecule has 1 aliphatic rings. The van der Waals surface area contributed by atoms with Crippen LogP contribution < -0.4 is 5.32 Å². The van der Waals surface area contributed by atoms with Crippen LogP contribution in [0.25, 0.3) is 0 Å². The quantitative estimate of drug-likeness (QED) is 0.854. The van der Waals surface area contributed by atoms with Crippen LogP contribution in [0, 0.1) is 11.3 Å². The van der Waals surface area contributed by atoms with Crippen molar-refractivity contribution in [2.75, 3.05) is 6.61 Å². The number of nitriles is 1. The number of carbonyl (C=O) groups is 1. The molecule has 0 aromatic heterocycles. The molecule has 1 heterocycles. The third-order valence-corrected chi connectivity index (χ3v) is 4.05. The molecule has 0 amide bonds. The lowest BCUT2D eigenvalue weighted by atomic mass is 9.90. The van der Waals surface area contributed by atoms with Gasteiger partial charge in [0.15, 0.2) is 0 Å². The Morgan fingerprint density at radius 2 is 2.22 bits per heavy atom. The number of nitrogens with one attached hydrogen (secondary N) is 1. The Balaban J connectivity index is 2.32. The van der Waals surface area contributed by atoms with Crippen LogP contribution in [0.15, 0.2) is 18.2 Å². The molecular weight excluding hydrogens is 333 g/mol. The molecule has 1 aromatic carbocycles. The summed E-state index contributed by atoms with van der Waals surface area (Å²) in [6, 6.07) is 3.11. The van der Waals surface area contributed by atoms with E-state index in [-0.39, 0.29) is 23.6 Å². The van der Waals surface area contributed by atoms with E-state index >= 15 is 0 Å². The van der Waals surface area contributed by atoms with Gasteiger partial charge in [0, 0.05) is 5.92 Å². The molecule has 1 aromatic rings. The van der Waals surface area contributed by atoms with Gasteiger partial charge in [-0.2, -0.15) is 18.4 Å². The molecular formula is C15H14ClF3N2O2. The molecule has 1 N–H and O–H groups in total. The van der Waals surface area contributed by atoms with Gasteiger partial charge in [0.2, 0.25) is 0 Å². The van der Waals surface area contributed by atoms with Crippen molar-refractivity contribution in [3.05, 3.63) is 34.3 Å². The van der Waals surface area contributed by atoms with Gasteiger partial charge in [-0.3, -0.25) is 10.1 Å². The van der Waals surface area contributed by atoms with Gasteiger partial charge in [0.1, 0.15) is 18.2 Å². The second-order valence-electron chi connectivity index (χ2n) is 5.18. The Labute approximate surface area is 136 Å². The summed E-state index contributed by atoms with van der Waals surface area (Å²) in [6.07, 6.45) is -4.57. The van der Waals surface area contributed by atoms with Gasteiger partial charge >= 0.3 is 12.1 Å². The summed E-state index contributed by atoms with van der Waals surface area (Å²) >= 11 is 5.90. The lowest BCUT2D eigenvalue weighted by molar-refractivity contribution is -0.158. The highest BCUT2D eigenvalue weighted by Gasteiger charge is 2.52. The molecule has 23 heavy (non-hydrogen) atoms. The first-order valence-electron chi connectivity index (χ1n) is 6.96. The molecule has 0 saturated carbocycles. The van der Waals surface area contributed by atoms with Crippen LogP contribution in [0.3, 0.4) is 0 Å². The number of benzene rings is 1. The fourth-order valence-electron chi connectivity index (χ4n) is 2.70. The Bertz CT molecular complexity index is 643. The molecule has 4 nitrogen and oxygen atoms in total. The molecule has 0 radical (unpaired) electrons. The number of nitrogens with zero attached hydrogens (tertiary/aromatic N) is 1. The zero-order valence-corrected chi connectivity index (χ0v) is 12.9. The number of hydrogen-bond donors (Lipinski definition) is 1. The third kappa shape index (κ3) is 3.77. The van der Waals surface area contributed by atoms with E-state index in [1.54, 1.807) is 6.92 Å². The smallest absolute Gasteiger partial charge is 0.404 e. The molecule has 124 valence electrons. The summed E-state index contributed by atoms with van der Waals surface area (Å²) in [6.45, 7) is 1.69. The molecule has 3 atom stereocenters.